The van der Waals surface area contributed by atoms with Gasteiger partial charge in [-0.05, 0) is 18.2 Å². The maximum atomic E-state index is 12.6. The summed E-state index contributed by atoms with van der Waals surface area (Å²) in [6.07, 6.45) is -4.52. The monoisotopic (exact) mass is 332 g/mol. The van der Waals surface area contributed by atoms with Gasteiger partial charge in [-0.3, -0.25) is 0 Å². The van der Waals surface area contributed by atoms with Crippen molar-refractivity contribution in [2.45, 2.75) is 6.18 Å². The lowest BCUT2D eigenvalue weighted by Gasteiger charge is -2.12. The lowest BCUT2D eigenvalue weighted by molar-refractivity contribution is -0.137. The van der Waals surface area contributed by atoms with Crippen molar-refractivity contribution in [1.29, 1.82) is 5.26 Å². The summed E-state index contributed by atoms with van der Waals surface area (Å²) < 4.78 is 37.8. The van der Waals surface area contributed by atoms with Gasteiger partial charge in [-0.25, -0.2) is 0 Å². The smallest absolute Gasteiger partial charge is 0.352 e. The van der Waals surface area contributed by atoms with Gasteiger partial charge >= 0.3 is 6.18 Å². The molecule has 1 N–H and O–H groups in total. The first kappa shape index (κ1) is 15.4. The molecule has 21 heavy (non-hydrogen) atoms. The molecule has 0 amide bonds. The highest BCUT2D eigenvalue weighted by Gasteiger charge is 2.31. The third-order valence-electron chi connectivity index (χ3n) is 2.46. The standard InChI is InChI=1S/C12H5Cl2F3N4/c13-10-4-9(11(14)21-20-10)19-8-2-1-7(12(15,16)17)3-6(8)5-18/h1-4H,(H,19,20). The number of hydrogen-bond donors (Lipinski definition) is 1. The first-order valence-electron chi connectivity index (χ1n) is 5.38. The highest BCUT2D eigenvalue weighted by Crippen LogP contribution is 2.33. The predicted molar refractivity (Wildman–Crippen MR) is 71.5 cm³/mol. The SMILES string of the molecule is N#Cc1cc(C(F)(F)F)ccc1Nc1cc(Cl)nnc1Cl. The summed E-state index contributed by atoms with van der Waals surface area (Å²) in [5.74, 6) is 0. The molecule has 2 aromatic rings. The summed E-state index contributed by atoms with van der Waals surface area (Å²) in [5, 5.41) is 18.7. The van der Waals surface area contributed by atoms with Crippen molar-refractivity contribution in [2.75, 3.05) is 5.32 Å². The van der Waals surface area contributed by atoms with E-state index < -0.39 is 11.7 Å². The molecule has 4 nitrogen and oxygen atoms in total. The summed E-state index contributed by atoms with van der Waals surface area (Å²) >= 11 is 11.4. The molecule has 1 aromatic carbocycles. The second kappa shape index (κ2) is 5.76. The molecular weight excluding hydrogens is 328 g/mol. The van der Waals surface area contributed by atoms with Gasteiger partial charge in [-0.2, -0.15) is 18.4 Å². The first-order valence-corrected chi connectivity index (χ1v) is 6.14. The van der Waals surface area contributed by atoms with E-state index in [1.54, 1.807) is 6.07 Å². The van der Waals surface area contributed by atoms with Crippen LogP contribution in [0.2, 0.25) is 10.3 Å². The zero-order chi connectivity index (χ0) is 15.6. The number of rotatable bonds is 2. The minimum absolute atomic E-state index is 0.0248. The Kier molecular flexibility index (Phi) is 4.21. The molecule has 0 radical (unpaired) electrons. The van der Waals surface area contributed by atoms with Gasteiger partial charge in [0.2, 0.25) is 0 Å². The van der Waals surface area contributed by atoms with E-state index in [1.165, 1.54) is 6.07 Å². The molecule has 1 aromatic heterocycles. The van der Waals surface area contributed by atoms with Crippen LogP contribution in [0.4, 0.5) is 24.5 Å². The van der Waals surface area contributed by atoms with Gasteiger partial charge in [-0.15, -0.1) is 10.2 Å². The number of nitrogens with zero attached hydrogens (tertiary/aromatic N) is 3. The Morgan fingerprint density at radius 2 is 1.81 bits per heavy atom. The van der Waals surface area contributed by atoms with Crippen LogP contribution in [0.3, 0.4) is 0 Å². The lowest BCUT2D eigenvalue weighted by atomic mass is 10.1. The Hall–Kier alpha value is -2.04. The van der Waals surface area contributed by atoms with Crippen LogP contribution in [-0.4, -0.2) is 10.2 Å². The van der Waals surface area contributed by atoms with E-state index in [1.807, 2.05) is 0 Å². The molecule has 0 aliphatic carbocycles. The maximum Gasteiger partial charge on any atom is 0.416 e. The van der Waals surface area contributed by atoms with Crippen LogP contribution < -0.4 is 5.32 Å². The molecule has 1 heterocycles. The van der Waals surface area contributed by atoms with Crippen molar-refractivity contribution in [2.24, 2.45) is 0 Å². The zero-order valence-electron chi connectivity index (χ0n) is 10.0. The normalized spacial score (nSPS) is 11.0. The summed E-state index contributed by atoms with van der Waals surface area (Å²) in [5.41, 5.74) is -0.722. The summed E-state index contributed by atoms with van der Waals surface area (Å²) in [4.78, 5) is 0. The Labute approximate surface area is 127 Å². The van der Waals surface area contributed by atoms with Gasteiger partial charge in [0.05, 0.1) is 22.5 Å². The number of halogens is 5. The van der Waals surface area contributed by atoms with E-state index in [4.69, 9.17) is 28.5 Å². The third kappa shape index (κ3) is 3.54. The molecule has 0 aliphatic rings. The molecule has 0 aliphatic heterocycles. The number of alkyl halides is 3. The number of aromatic nitrogens is 2. The van der Waals surface area contributed by atoms with E-state index in [0.717, 1.165) is 18.2 Å². The van der Waals surface area contributed by atoms with Crippen LogP contribution in [-0.2, 0) is 6.18 Å². The summed E-state index contributed by atoms with van der Waals surface area (Å²) in [6, 6.07) is 5.76. The first-order chi connectivity index (χ1) is 9.81. The Morgan fingerprint density at radius 1 is 1.10 bits per heavy atom. The van der Waals surface area contributed by atoms with Gasteiger partial charge < -0.3 is 5.32 Å². The number of hydrogen-bond acceptors (Lipinski definition) is 4. The highest BCUT2D eigenvalue weighted by atomic mass is 35.5. The lowest BCUT2D eigenvalue weighted by Crippen LogP contribution is -2.06. The van der Waals surface area contributed by atoms with Gasteiger partial charge in [0, 0.05) is 6.07 Å². The largest absolute Gasteiger partial charge is 0.416 e. The van der Waals surface area contributed by atoms with E-state index in [2.05, 4.69) is 15.5 Å². The average molecular weight is 333 g/mol. The Balaban J connectivity index is 2.41. The van der Waals surface area contributed by atoms with E-state index in [-0.39, 0.29) is 27.2 Å². The summed E-state index contributed by atoms with van der Waals surface area (Å²) in [7, 11) is 0. The van der Waals surface area contributed by atoms with E-state index in [9.17, 15) is 13.2 Å². The van der Waals surface area contributed by atoms with Crippen molar-refractivity contribution in [3.8, 4) is 6.07 Å². The van der Waals surface area contributed by atoms with Crippen LogP contribution in [0.25, 0.3) is 0 Å². The maximum absolute atomic E-state index is 12.6. The molecule has 0 bridgehead atoms. The molecule has 0 fully saturated rings. The van der Waals surface area contributed by atoms with Crippen molar-refractivity contribution < 1.29 is 13.2 Å². The molecule has 9 heteroatoms. The van der Waals surface area contributed by atoms with Crippen molar-refractivity contribution in [3.63, 3.8) is 0 Å². The topological polar surface area (TPSA) is 61.6 Å². The number of nitriles is 1. The fourth-order valence-electron chi connectivity index (χ4n) is 1.51. The Morgan fingerprint density at radius 3 is 2.43 bits per heavy atom. The fraction of sp³-hybridized carbons (Fsp3) is 0.0833. The molecule has 2 rings (SSSR count). The van der Waals surface area contributed by atoms with E-state index in [0.29, 0.717) is 0 Å². The number of benzene rings is 1. The van der Waals surface area contributed by atoms with E-state index >= 15 is 0 Å². The predicted octanol–water partition coefficient (Wildman–Crippen LogP) is 4.42. The minimum atomic E-state index is -4.52. The second-order valence-corrected chi connectivity index (χ2v) is 4.61. The molecule has 0 spiro atoms. The van der Waals surface area contributed by atoms with Gasteiger partial charge in [-0.1, -0.05) is 23.2 Å². The zero-order valence-corrected chi connectivity index (χ0v) is 11.6. The van der Waals surface area contributed by atoms with Crippen molar-refractivity contribution in [1.82, 2.24) is 10.2 Å². The van der Waals surface area contributed by atoms with Crippen LogP contribution in [0.1, 0.15) is 11.1 Å². The molecule has 0 atom stereocenters. The summed E-state index contributed by atoms with van der Waals surface area (Å²) in [6.45, 7) is 0. The van der Waals surface area contributed by atoms with Crippen LogP contribution >= 0.6 is 23.2 Å². The highest BCUT2D eigenvalue weighted by molar-refractivity contribution is 6.33. The number of nitrogens with one attached hydrogen (secondary N) is 1. The fourth-order valence-corrected chi connectivity index (χ4v) is 1.79. The average Bonchev–Trinajstić information content (AvgIpc) is 2.42. The van der Waals surface area contributed by atoms with Crippen LogP contribution in [0, 0.1) is 11.3 Å². The van der Waals surface area contributed by atoms with Crippen molar-refractivity contribution >= 4 is 34.6 Å². The number of anilines is 2. The molecule has 108 valence electrons. The minimum Gasteiger partial charge on any atom is -0.352 e. The van der Waals surface area contributed by atoms with Crippen molar-refractivity contribution in [3.05, 3.63) is 45.7 Å². The molecule has 0 saturated carbocycles. The second-order valence-electron chi connectivity index (χ2n) is 3.87. The Bertz CT molecular complexity index is 725. The molecular formula is C12H5Cl2F3N4. The molecule has 0 saturated heterocycles. The molecule has 0 unspecified atom stereocenters. The van der Waals surface area contributed by atoms with Gasteiger partial charge in [0.15, 0.2) is 10.3 Å². The van der Waals surface area contributed by atoms with Gasteiger partial charge in [0.1, 0.15) is 6.07 Å². The quantitative estimate of drug-likeness (QED) is 0.884. The van der Waals surface area contributed by atoms with Gasteiger partial charge in [0.25, 0.3) is 0 Å². The third-order valence-corrected chi connectivity index (χ3v) is 2.92. The van der Waals surface area contributed by atoms with Crippen LogP contribution in [0.15, 0.2) is 24.3 Å². The van der Waals surface area contributed by atoms with Crippen LogP contribution in [0.5, 0.6) is 0 Å².